The van der Waals surface area contributed by atoms with Crippen molar-refractivity contribution < 1.29 is 14.3 Å². The van der Waals surface area contributed by atoms with Crippen LogP contribution >= 0.6 is 0 Å². The second-order valence-electron chi connectivity index (χ2n) is 7.49. The third-order valence-corrected chi connectivity index (χ3v) is 6.02. The highest BCUT2D eigenvalue weighted by Crippen LogP contribution is 2.37. The number of hydrogen-bond donors (Lipinski definition) is 2. The predicted octanol–water partition coefficient (Wildman–Crippen LogP) is 1.44. The Bertz CT molecular complexity index is 705. The average molecular weight is 358 g/mol. The molecule has 0 radical (unpaired) electrons. The van der Waals surface area contributed by atoms with Crippen molar-refractivity contribution in [3.63, 3.8) is 0 Å². The highest BCUT2D eigenvalue weighted by Gasteiger charge is 2.38. The normalized spacial score (nSPS) is 22.0. The number of ether oxygens (including phenoxy) is 1. The molecule has 0 atom stereocenters. The van der Waals surface area contributed by atoms with Gasteiger partial charge in [-0.25, -0.2) is 4.79 Å². The standard InChI is InChI=1S/C19H26N4O3/c1-26-16-3-2-14(12-15(16)23-11-8-21-18(23)25)17(24)22-9-5-19(6-10-22)4-7-20-13-19/h2-3,12,20H,4-11,13H2,1H3,(H,21,25). The van der Waals surface area contributed by atoms with Crippen molar-refractivity contribution in [1.29, 1.82) is 0 Å². The third-order valence-electron chi connectivity index (χ3n) is 6.02. The molecule has 1 aromatic carbocycles. The van der Waals surface area contributed by atoms with Crippen molar-refractivity contribution in [3.8, 4) is 5.75 Å². The van der Waals surface area contributed by atoms with Crippen LogP contribution in [0.3, 0.4) is 0 Å². The van der Waals surface area contributed by atoms with E-state index < -0.39 is 0 Å². The van der Waals surface area contributed by atoms with Gasteiger partial charge in [0.05, 0.1) is 12.8 Å². The van der Waals surface area contributed by atoms with Gasteiger partial charge in [-0.1, -0.05) is 0 Å². The molecule has 1 spiro atoms. The summed E-state index contributed by atoms with van der Waals surface area (Å²) in [5, 5.41) is 6.24. The Hall–Kier alpha value is -2.28. The van der Waals surface area contributed by atoms with Crippen LogP contribution < -0.4 is 20.3 Å². The number of likely N-dealkylation sites (tertiary alicyclic amines) is 1. The Kier molecular flexibility index (Phi) is 4.48. The van der Waals surface area contributed by atoms with Gasteiger partial charge in [0.25, 0.3) is 5.91 Å². The first kappa shape index (κ1) is 17.1. The Morgan fingerprint density at radius 1 is 1.15 bits per heavy atom. The molecule has 3 aliphatic rings. The summed E-state index contributed by atoms with van der Waals surface area (Å²) in [5.74, 6) is 0.641. The molecule has 0 aromatic heterocycles. The zero-order chi connectivity index (χ0) is 18.1. The number of urea groups is 1. The fraction of sp³-hybridized carbons (Fsp3) is 0.579. The van der Waals surface area contributed by atoms with Gasteiger partial charge in [0, 0.05) is 38.3 Å². The Labute approximate surface area is 153 Å². The van der Waals surface area contributed by atoms with Crippen LogP contribution in [0.1, 0.15) is 29.6 Å². The van der Waals surface area contributed by atoms with Crippen LogP contribution in [-0.2, 0) is 0 Å². The molecule has 0 aliphatic carbocycles. The molecule has 3 heterocycles. The minimum absolute atomic E-state index is 0.0364. The summed E-state index contributed by atoms with van der Waals surface area (Å²) < 4.78 is 5.40. The maximum atomic E-state index is 13.0. The lowest BCUT2D eigenvalue weighted by Gasteiger charge is -2.39. The zero-order valence-corrected chi connectivity index (χ0v) is 15.2. The number of rotatable bonds is 3. The molecule has 2 N–H and O–H groups in total. The number of carbonyl (C=O) groups is 2. The van der Waals surface area contributed by atoms with Crippen molar-refractivity contribution in [2.45, 2.75) is 19.3 Å². The van der Waals surface area contributed by atoms with Gasteiger partial charge in [0.1, 0.15) is 5.75 Å². The number of hydrogen-bond acceptors (Lipinski definition) is 4. The molecule has 3 fully saturated rings. The van der Waals surface area contributed by atoms with Crippen molar-refractivity contribution in [1.82, 2.24) is 15.5 Å². The molecule has 0 saturated carbocycles. The largest absolute Gasteiger partial charge is 0.495 e. The summed E-state index contributed by atoms with van der Waals surface area (Å²) >= 11 is 0. The molecule has 3 aliphatic heterocycles. The van der Waals surface area contributed by atoms with Gasteiger partial charge in [-0.05, 0) is 49.4 Å². The second-order valence-corrected chi connectivity index (χ2v) is 7.49. The molecule has 1 aromatic rings. The Morgan fingerprint density at radius 3 is 2.58 bits per heavy atom. The van der Waals surface area contributed by atoms with Gasteiger partial charge in [0.15, 0.2) is 0 Å². The van der Waals surface area contributed by atoms with Crippen LogP contribution in [0.2, 0.25) is 0 Å². The van der Waals surface area contributed by atoms with E-state index in [0.29, 0.717) is 35.5 Å². The van der Waals surface area contributed by atoms with Gasteiger partial charge in [-0.3, -0.25) is 9.69 Å². The number of anilines is 1. The maximum absolute atomic E-state index is 13.0. The Balaban J connectivity index is 1.52. The van der Waals surface area contributed by atoms with E-state index in [1.807, 2.05) is 4.90 Å². The predicted molar refractivity (Wildman–Crippen MR) is 98.8 cm³/mol. The number of nitrogens with zero attached hydrogens (tertiary/aromatic N) is 2. The number of nitrogens with one attached hydrogen (secondary N) is 2. The van der Waals surface area contributed by atoms with E-state index in [-0.39, 0.29) is 11.9 Å². The minimum atomic E-state index is -0.151. The van der Waals surface area contributed by atoms with Gasteiger partial charge in [-0.15, -0.1) is 0 Å². The number of benzene rings is 1. The number of amides is 3. The summed E-state index contributed by atoms with van der Waals surface area (Å²) in [5.41, 5.74) is 1.65. The third kappa shape index (κ3) is 3.00. The van der Waals surface area contributed by atoms with E-state index in [2.05, 4.69) is 10.6 Å². The molecule has 7 nitrogen and oxygen atoms in total. The molecule has 0 unspecified atom stereocenters. The van der Waals surface area contributed by atoms with E-state index >= 15 is 0 Å². The first-order valence-corrected chi connectivity index (χ1v) is 9.35. The molecular formula is C19H26N4O3. The van der Waals surface area contributed by atoms with Crippen LogP contribution in [-0.4, -0.2) is 63.2 Å². The van der Waals surface area contributed by atoms with E-state index in [1.54, 1.807) is 30.2 Å². The molecule has 4 rings (SSSR count). The summed E-state index contributed by atoms with van der Waals surface area (Å²) in [6.07, 6.45) is 3.33. The smallest absolute Gasteiger partial charge is 0.322 e. The van der Waals surface area contributed by atoms with E-state index in [9.17, 15) is 9.59 Å². The molecule has 26 heavy (non-hydrogen) atoms. The fourth-order valence-electron chi connectivity index (χ4n) is 4.32. The van der Waals surface area contributed by atoms with Crippen molar-refractivity contribution >= 4 is 17.6 Å². The monoisotopic (exact) mass is 358 g/mol. The molecular weight excluding hydrogens is 332 g/mol. The van der Waals surface area contributed by atoms with Crippen molar-refractivity contribution in [3.05, 3.63) is 23.8 Å². The molecule has 140 valence electrons. The van der Waals surface area contributed by atoms with Gasteiger partial charge in [0.2, 0.25) is 0 Å². The van der Waals surface area contributed by atoms with Crippen molar-refractivity contribution in [2.75, 3.05) is 51.3 Å². The van der Waals surface area contributed by atoms with Crippen LogP contribution in [0, 0.1) is 5.41 Å². The number of methoxy groups -OCH3 is 1. The second kappa shape index (κ2) is 6.79. The number of piperidine rings is 1. The molecule has 0 bridgehead atoms. The fourth-order valence-corrected chi connectivity index (χ4v) is 4.32. The first-order chi connectivity index (χ1) is 12.6. The lowest BCUT2D eigenvalue weighted by molar-refractivity contribution is 0.0607. The topological polar surface area (TPSA) is 73.9 Å². The minimum Gasteiger partial charge on any atom is -0.495 e. The van der Waals surface area contributed by atoms with Crippen LogP contribution in [0.4, 0.5) is 10.5 Å². The van der Waals surface area contributed by atoms with E-state index in [0.717, 1.165) is 39.0 Å². The van der Waals surface area contributed by atoms with Gasteiger partial charge < -0.3 is 20.3 Å². The molecule has 3 amide bonds. The van der Waals surface area contributed by atoms with Crippen LogP contribution in [0.25, 0.3) is 0 Å². The average Bonchev–Trinajstić information content (AvgIpc) is 3.30. The van der Waals surface area contributed by atoms with Crippen molar-refractivity contribution in [2.24, 2.45) is 5.41 Å². The van der Waals surface area contributed by atoms with Gasteiger partial charge >= 0.3 is 6.03 Å². The summed E-state index contributed by atoms with van der Waals surface area (Å²) in [6, 6.07) is 5.20. The van der Waals surface area contributed by atoms with E-state index in [4.69, 9.17) is 4.74 Å². The van der Waals surface area contributed by atoms with E-state index in [1.165, 1.54) is 6.42 Å². The Morgan fingerprint density at radius 2 is 1.96 bits per heavy atom. The highest BCUT2D eigenvalue weighted by atomic mass is 16.5. The summed E-state index contributed by atoms with van der Waals surface area (Å²) in [6.45, 7) is 4.94. The van der Waals surface area contributed by atoms with Crippen LogP contribution in [0.15, 0.2) is 18.2 Å². The number of carbonyl (C=O) groups excluding carboxylic acids is 2. The lowest BCUT2D eigenvalue weighted by Crippen LogP contribution is -2.44. The quantitative estimate of drug-likeness (QED) is 0.858. The maximum Gasteiger partial charge on any atom is 0.322 e. The SMILES string of the molecule is COc1ccc(C(=O)N2CCC3(CCNC3)CC2)cc1N1CCNC1=O. The lowest BCUT2D eigenvalue weighted by atomic mass is 9.78. The summed E-state index contributed by atoms with van der Waals surface area (Å²) in [7, 11) is 1.58. The summed E-state index contributed by atoms with van der Waals surface area (Å²) in [4.78, 5) is 28.6. The van der Waals surface area contributed by atoms with Gasteiger partial charge in [-0.2, -0.15) is 0 Å². The van der Waals surface area contributed by atoms with Crippen LogP contribution in [0.5, 0.6) is 5.75 Å². The molecule has 3 saturated heterocycles. The zero-order valence-electron chi connectivity index (χ0n) is 15.2. The highest BCUT2D eigenvalue weighted by molar-refractivity contribution is 6.00. The first-order valence-electron chi connectivity index (χ1n) is 9.35. The molecule has 7 heteroatoms.